The maximum absolute atomic E-state index is 11.5. The van der Waals surface area contributed by atoms with E-state index in [2.05, 4.69) is 10.0 Å². The van der Waals surface area contributed by atoms with Crippen LogP contribution in [0.1, 0.15) is 18.5 Å². The van der Waals surface area contributed by atoms with Crippen LogP contribution in [0.15, 0.2) is 42.5 Å². The molecular formula is C16H19ClN2O3S. The van der Waals surface area contributed by atoms with E-state index in [1.165, 1.54) is 7.11 Å². The Morgan fingerprint density at radius 3 is 2.48 bits per heavy atom. The van der Waals surface area contributed by atoms with Gasteiger partial charge in [-0.15, -0.1) is 0 Å². The average molecular weight is 355 g/mol. The molecule has 0 saturated heterocycles. The number of anilines is 2. The molecule has 5 nitrogen and oxygen atoms in total. The van der Waals surface area contributed by atoms with Gasteiger partial charge in [0.05, 0.1) is 19.1 Å². The first-order chi connectivity index (χ1) is 10.8. The molecule has 2 N–H and O–H groups in total. The van der Waals surface area contributed by atoms with Gasteiger partial charge in [0, 0.05) is 16.8 Å². The molecule has 0 heterocycles. The Hall–Kier alpha value is -1.92. The monoisotopic (exact) mass is 354 g/mol. The van der Waals surface area contributed by atoms with Crippen LogP contribution in [0.25, 0.3) is 0 Å². The molecular weight excluding hydrogens is 336 g/mol. The lowest BCUT2D eigenvalue weighted by atomic mass is 10.1. The van der Waals surface area contributed by atoms with Crippen molar-refractivity contribution in [3.8, 4) is 5.75 Å². The van der Waals surface area contributed by atoms with E-state index in [0.717, 1.165) is 17.5 Å². The first-order valence-corrected chi connectivity index (χ1v) is 9.24. The molecule has 0 radical (unpaired) electrons. The molecule has 124 valence electrons. The molecule has 0 aliphatic heterocycles. The highest BCUT2D eigenvalue weighted by Gasteiger charge is 2.12. The minimum atomic E-state index is -3.39. The van der Waals surface area contributed by atoms with Gasteiger partial charge in [-0.25, -0.2) is 8.42 Å². The Kier molecular flexibility index (Phi) is 5.38. The number of benzene rings is 2. The fourth-order valence-electron chi connectivity index (χ4n) is 2.23. The molecule has 23 heavy (non-hydrogen) atoms. The van der Waals surface area contributed by atoms with Crippen molar-refractivity contribution in [3.63, 3.8) is 0 Å². The van der Waals surface area contributed by atoms with E-state index >= 15 is 0 Å². The first-order valence-electron chi connectivity index (χ1n) is 6.97. The third-order valence-corrected chi connectivity index (χ3v) is 4.18. The van der Waals surface area contributed by atoms with Crippen LogP contribution in [0.3, 0.4) is 0 Å². The number of methoxy groups -OCH3 is 1. The summed E-state index contributed by atoms with van der Waals surface area (Å²) in [5.74, 6) is 0.450. The molecule has 0 aliphatic rings. The van der Waals surface area contributed by atoms with Crippen LogP contribution in [-0.4, -0.2) is 21.8 Å². The largest absolute Gasteiger partial charge is 0.495 e. The summed E-state index contributed by atoms with van der Waals surface area (Å²) < 4.78 is 30.6. The fraction of sp³-hybridized carbons (Fsp3) is 0.250. The highest BCUT2D eigenvalue weighted by Crippen LogP contribution is 2.31. The molecule has 0 fully saturated rings. The second kappa shape index (κ2) is 7.10. The number of ether oxygens (including phenoxy) is 1. The minimum Gasteiger partial charge on any atom is -0.495 e. The Morgan fingerprint density at radius 2 is 1.87 bits per heavy atom. The average Bonchev–Trinajstić information content (AvgIpc) is 2.46. The zero-order valence-corrected chi connectivity index (χ0v) is 14.7. The third-order valence-electron chi connectivity index (χ3n) is 3.25. The van der Waals surface area contributed by atoms with Crippen LogP contribution >= 0.6 is 11.6 Å². The summed E-state index contributed by atoms with van der Waals surface area (Å²) in [5.41, 5.74) is 2.10. The van der Waals surface area contributed by atoms with Crippen LogP contribution in [0.2, 0.25) is 5.02 Å². The zero-order valence-electron chi connectivity index (χ0n) is 13.1. The second-order valence-corrected chi connectivity index (χ2v) is 7.33. The summed E-state index contributed by atoms with van der Waals surface area (Å²) in [6, 6.07) is 12.7. The van der Waals surface area contributed by atoms with E-state index in [1.54, 1.807) is 12.1 Å². The van der Waals surface area contributed by atoms with Gasteiger partial charge in [-0.3, -0.25) is 4.72 Å². The molecule has 0 amide bonds. The fourth-order valence-corrected chi connectivity index (χ4v) is 3.09. The SMILES string of the molecule is COc1ccc(NC(C)c2ccccc2Cl)cc1NS(C)(=O)=O. The number of hydrogen-bond donors (Lipinski definition) is 2. The van der Waals surface area contributed by atoms with Crippen molar-refractivity contribution in [2.45, 2.75) is 13.0 Å². The molecule has 2 rings (SSSR count). The highest BCUT2D eigenvalue weighted by atomic mass is 35.5. The number of hydrogen-bond acceptors (Lipinski definition) is 4. The summed E-state index contributed by atoms with van der Waals surface area (Å²) in [6.45, 7) is 1.98. The van der Waals surface area contributed by atoms with Gasteiger partial charge in [-0.05, 0) is 36.8 Å². The summed E-state index contributed by atoms with van der Waals surface area (Å²) in [6.07, 6.45) is 1.10. The van der Waals surface area contributed by atoms with Gasteiger partial charge in [0.1, 0.15) is 5.75 Å². The molecule has 2 aromatic rings. The van der Waals surface area contributed by atoms with E-state index in [9.17, 15) is 8.42 Å². The van der Waals surface area contributed by atoms with Crippen LogP contribution in [0.5, 0.6) is 5.75 Å². The molecule has 7 heteroatoms. The maximum Gasteiger partial charge on any atom is 0.229 e. The topological polar surface area (TPSA) is 67.4 Å². The number of rotatable bonds is 6. The van der Waals surface area contributed by atoms with Gasteiger partial charge >= 0.3 is 0 Å². The van der Waals surface area contributed by atoms with E-state index in [0.29, 0.717) is 16.5 Å². The van der Waals surface area contributed by atoms with Crippen LogP contribution in [0.4, 0.5) is 11.4 Å². The lowest BCUT2D eigenvalue weighted by molar-refractivity contribution is 0.417. The predicted molar refractivity (Wildman–Crippen MR) is 95.0 cm³/mol. The summed E-state index contributed by atoms with van der Waals surface area (Å²) in [5, 5.41) is 3.98. The van der Waals surface area contributed by atoms with Crippen molar-refractivity contribution in [2.75, 3.05) is 23.4 Å². The van der Waals surface area contributed by atoms with Crippen molar-refractivity contribution in [1.29, 1.82) is 0 Å². The Morgan fingerprint density at radius 1 is 1.17 bits per heavy atom. The molecule has 1 unspecified atom stereocenters. The zero-order chi connectivity index (χ0) is 17.0. The van der Waals surface area contributed by atoms with Gasteiger partial charge in [0.25, 0.3) is 0 Å². The standard InChI is InChI=1S/C16H19ClN2O3S/c1-11(13-6-4-5-7-14(13)17)18-12-8-9-16(22-2)15(10-12)19-23(3,20)21/h4-11,18-19H,1-3H3. The van der Waals surface area contributed by atoms with Crippen LogP contribution < -0.4 is 14.8 Å². The summed E-state index contributed by atoms with van der Waals surface area (Å²) in [7, 11) is -1.90. The Balaban J connectivity index is 2.27. The predicted octanol–water partition coefficient (Wildman–Crippen LogP) is 3.89. The minimum absolute atomic E-state index is 0.0387. The lowest BCUT2D eigenvalue weighted by Gasteiger charge is -2.18. The van der Waals surface area contributed by atoms with Gasteiger partial charge in [-0.2, -0.15) is 0 Å². The van der Waals surface area contributed by atoms with Crippen molar-refractivity contribution in [2.24, 2.45) is 0 Å². The summed E-state index contributed by atoms with van der Waals surface area (Å²) >= 11 is 6.20. The van der Waals surface area contributed by atoms with E-state index in [-0.39, 0.29) is 6.04 Å². The van der Waals surface area contributed by atoms with E-state index < -0.39 is 10.0 Å². The summed E-state index contributed by atoms with van der Waals surface area (Å²) in [4.78, 5) is 0. The lowest BCUT2D eigenvalue weighted by Crippen LogP contribution is -2.12. The molecule has 0 aromatic heterocycles. The third kappa shape index (κ3) is 4.77. The molecule has 0 bridgehead atoms. The quantitative estimate of drug-likeness (QED) is 0.825. The van der Waals surface area contributed by atoms with Crippen LogP contribution in [-0.2, 0) is 10.0 Å². The number of halogens is 1. The van der Waals surface area contributed by atoms with Gasteiger partial charge in [0.2, 0.25) is 10.0 Å². The highest BCUT2D eigenvalue weighted by molar-refractivity contribution is 7.92. The van der Waals surface area contributed by atoms with Gasteiger partial charge in [0.15, 0.2) is 0 Å². The smallest absolute Gasteiger partial charge is 0.229 e. The van der Waals surface area contributed by atoms with Crippen molar-refractivity contribution in [3.05, 3.63) is 53.1 Å². The normalized spacial score (nSPS) is 12.5. The van der Waals surface area contributed by atoms with Crippen molar-refractivity contribution >= 4 is 33.0 Å². The van der Waals surface area contributed by atoms with Gasteiger partial charge < -0.3 is 10.1 Å². The number of sulfonamides is 1. The second-order valence-electron chi connectivity index (χ2n) is 5.18. The number of nitrogens with one attached hydrogen (secondary N) is 2. The van der Waals surface area contributed by atoms with Crippen LogP contribution in [0, 0.1) is 0 Å². The molecule has 2 aromatic carbocycles. The van der Waals surface area contributed by atoms with E-state index in [1.807, 2.05) is 37.3 Å². The Bertz CT molecular complexity index is 794. The molecule has 0 spiro atoms. The van der Waals surface area contributed by atoms with Crippen molar-refractivity contribution in [1.82, 2.24) is 0 Å². The van der Waals surface area contributed by atoms with Gasteiger partial charge in [-0.1, -0.05) is 29.8 Å². The first kappa shape index (κ1) is 17.4. The molecule has 0 aliphatic carbocycles. The molecule has 0 saturated carbocycles. The van der Waals surface area contributed by atoms with Crippen molar-refractivity contribution < 1.29 is 13.2 Å². The van der Waals surface area contributed by atoms with E-state index in [4.69, 9.17) is 16.3 Å². The Labute approximate surface area is 141 Å². The molecule has 1 atom stereocenters. The maximum atomic E-state index is 11.5.